The molecule has 0 bridgehead atoms. The Morgan fingerprint density at radius 3 is 1.97 bits per heavy atom. The normalized spacial score (nSPS) is 17.8. The van der Waals surface area contributed by atoms with Crippen molar-refractivity contribution in [1.29, 1.82) is 0 Å². The van der Waals surface area contributed by atoms with Gasteiger partial charge in [-0.2, -0.15) is 0 Å². The van der Waals surface area contributed by atoms with Crippen LogP contribution in [0.3, 0.4) is 0 Å². The average Bonchev–Trinajstić information content (AvgIpc) is 3.99. The molecule has 3 fully saturated rings. The fraction of sp³-hybridized carbons (Fsp3) is 0.770. The fourth-order valence-electron chi connectivity index (χ4n) is 9.50. The Balaban J connectivity index is 0. The molecule has 1 aromatic carbocycles. The summed E-state index contributed by atoms with van der Waals surface area (Å²) in [5, 5.41) is 11.1. The minimum absolute atomic E-state index is 0.0128. The number of unbranched alkanes of at least 4 members (excludes halogenated alkanes) is 2. The second-order valence-corrected chi connectivity index (χ2v) is 24.4. The lowest BCUT2D eigenvalue weighted by Crippen LogP contribution is -2.52. The standard InChI is InChI=1S/C41H72N4O6S.C10H12FNO2.C4H8O.C3H8.C2H6.CH3NO/c1-12-29(4)38(32(51-11)24-36(48)45-27-41(19-20-41)26-30(45)5)43(10)35(47)23-31(28(2)3)42(9)34(46)17-14-13-15-21-44-37(49)25-33(39(44)50)52-22-16-18-40(6,7)8;1-12-9(10(13)14)6-7-4-2-3-5-8(7)11;1-4(2)3-5;1-3-2;1-2;2-1-3/h28-33,38H,12-27H2,1-11H3;2-5,9,12H,6H2,1H3,(H,13,14);3-4H,1-2H3;3H2,1-2H3;1-2H3;1H,(H2,2,3). The predicted molar refractivity (Wildman–Crippen MR) is 319 cm³/mol. The van der Waals surface area contributed by atoms with Crippen LogP contribution in [0.4, 0.5) is 4.39 Å². The monoisotopic (exact) mass is 1140 g/mol. The van der Waals surface area contributed by atoms with Crippen LogP contribution in [0.5, 0.6) is 0 Å². The number of likely N-dealkylation sites (tertiary alicyclic amines) is 2. The SMILES string of the molecule is CC.CC(C)C=O.CCC.CCC(C)C(C(CC(=O)N1CC2(CC2)CC1C)OC)N(C)C(=O)CC(C(C)C)N(C)C(=O)CCCCCN1C(=O)CC(SCCCC(C)(C)C)C1=O.CNC(Cc1ccccc1F)C(=O)O.NC=O. The molecule has 79 heavy (non-hydrogen) atoms. The predicted octanol–water partition coefficient (Wildman–Crippen LogP) is 10.2. The number of nitrogens with two attached hydrogens (primary N) is 1. The van der Waals surface area contributed by atoms with Gasteiger partial charge in [0.15, 0.2) is 0 Å². The summed E-state index contributed by atoms with van der Waals surface area (Å²) in [6.45, 7) is 30.3. The molecule has 4 rings (SSSR count). The molecular formula is C61H109FN6O10S. The lowest BCUT2D eigenvalue weighted by molar-refractivity contribution is -0.145. The summed E-state index contributed by atoms with van der Waals surface area (Å²) in [5.41, 5.74) is 5.18. The summed E-state index contributed by atoms with van der Waals surface area (Å²) in [6, 6.07) is 5.11. The lowest BCUT2D eigenvalue weighted by atomic mass is 9.90. The third-order valence-corrected chi connectivity index (χ3v) is 15.7. The third-order valence-electron chi connectivity index (χ3n) is 14.4. The first-order chi connectivity index (χ1) is 37.1. The van der Waals surface area contributed by atoms with Crippen LogP contribution in [0.15, 0.2) is 24.3 Å². The molecule has 3 aliphatic rings. The van der Waals surface area contributed by atoms with Gasteiger partial charge in [-0.3, -0.25) is 38.5 Å². The molecule has 7 atom stereocenters. The van der Waals surface area contributed by atoms with Crippen molar-refractivity contribution >= 4 is 60.0 Å². The number of methoxy groups -OCH3 is 1. The minimum atomic E-state index is -0.976. The van der Waals surface area contributed by atoms with E-state index in [1.165, 1.54) is 30.2 Å². The van der Waals surface area contributed by atoms with E-state index in [2.05, 4.69) is 66.4 Å². The van der Waals surface area contributed by atoms with Gasteiger partial charge in [-0.1, -0.05) is 127 Å². The first-order valence-electron chi connectivity index (χ1n) is 29.1. The molecule has 0 radical (unpaired) electrons. The van der Waals surface area contributed by atoms with Gasteiger partial charge in [-0.25, -0.2) is 4.39 Å². The number of hydrogen-bond acceptors (Lipinski definition) is 11. The number of aldehydes is 1. The zero-order valence-electron chi connectivity index (χ0n) is 52.2. The number of nitrogens with zero attached hydrogens (tertiary/aromatic N) is 4. The van der Waals surface area contributed by atoms with Crippen molar-refractivity contribution in [2.75, 3.05) is 47.1 Å². The first kappa shape index (κ1) is 76.6. The van der Waals surface area contributed by atoms with Crippen LogP contribution in [-0.2, 0) is 49.5 Å². The highest BCUT2D eigenvalue weighted by Crippen LogP contribution is 2.54. The molecule has 1 aliphatic carbocycles. The maximum atomic E-state index is 13.9. The summed E-state index contributed by atoms with van der Waals surface area (Å²) in [4.78, 5) is 102. The Morgan fingerprint density at radius 2 is 1.52 bits per heavy atom. The zero-order chi connectivity index (χ0) is 61.2. The van der Waals surface area contributed by atoms with Crippen LogP contribution in [0.2, 0.25) is 0 Å². The zero-order valence-corrected chi connectivity index (χ0v) is 53.0. The van der Waals surface area contributed by atoms with E-state index in [9.17, 15) is 38.0 Å². The highest BCUT2D eigenvalue weighted by molar-refractivity contribution is 8.00. The number of likely N-dealkylation sites (N-methyl/N-ethyl adjacent to an activating group) is 2. The van der Waals surface area contributed by atoms with E-state index in [0.29, 0.717) is 36.8 Å². The summed E-state index contributed by atoms with van der Waals surface area (Å²) in [7, 11) is 6.78. The number of halogens is 1. The molecule has 2 aliphatic heterocycles. The number of carboxylic acid groups (broad SMARTS) is 1. The molecule has 6 amide bonds. The van der Waals surface area contributed by atoms with Gasteiger partial charge in [0.25, 0.3) is 0 Å². The smallest absolute Gasteiger partial charge is 0.321 e. The molecular weight excluding hydrogens is 1030 g/mol. The van der Waals surface area contributed by atoms with E-state index < -0.39 is 18.1 Å². The maximum absolute atomic E-state index is 13.9. The van der Waals surface area contributed by atoms with Crippen molar-refractivity contribution in [3.05, 3.63) is 35.6 Å². The van der Waals surface area contributed by atoms with Crippen molar-refractivity contribution in [2.45, 2.75) is 229 Å². The van der Waals surface area contributed by atoms with Crippen molar-refractivity contribution in [1.82, 2.24) is 24.9 Å². The number of imide groups is 1. The van der Waals surface area contributed by atoms with Gasteiger partial charge in [0.1, 0.15) is 18.1 Å². The number of aliphatic carboxylic acids is 1. The minimum Gasteiger partial charge on any atom is -0.480 e. The number of carbonyl (C=O) groups is 8. The second-order valence-electron chi connectivity index (χ2n) is 23.1. The second kappa shape index (κ2) is 40.7. The van der Waals surface area contributed by atoms with Crippen LogP contribution in [0.25, 0.3) is 0 Å². The molecule has 2 saturated heterocycles. The van der Waals surface area contributed by atoms with Crippen molar-refractivity contribution in [3.63, 3.8) is 0 Å². The van der Waals surface area contributed by atoms with Gasteiger partial charge in [-0.05, 0) is 99.0 Å². The number of carbonyl (C=O) groups excluding carboxylic acids is 7. The highest BCUT2D eigenvalue weighted by Gasteiger charge is 2.52. The lowest BCUT2D eigenvalue weighted by Gasteiger charge is -2.40. The van der Waals surface area contributed by atoms with Gasteiger partial charge in [0.05, 0.1) is 23.8 Å². The molecule has 1 aromatic rings. The summed E-state index contributed by atoms with van der Waals surface area (Å²) < 4.78 is 19.1. The Hall–Kier alpha value is -4.42. The molecule has 456 valence electrons. The Kier molecular flexibility index (Phi) is 39.5. The largest absolute Gasteiger partial charge is 0.480 e. The van der Waals surface area contributed by atoms with Gasteiger partial charge >= 0.3 is 5.97 Å². The van der Waals surface area contributed by atoms with Crippen LogP contribution >= 0.6 is 11.8 Å². The number of thioether (sulfide) groups is 1. The molecule has 1 spiro atoms. The van der Waals surface area contributed by atoms with E-state index >= 15 is 0 Å². The van der Waals surface area contributed by atoms with Gasteiger partial charge in [0.2, 0.25) is 35.9 Å². The van der Waals surface area contributed by atoms with Crippen LogP contribution < -0.4 is 11.1 Å². The average molecular weight is 1140 g/mol. The van der Waals surface area contributed by atoms with E-state index in [0.717, 1.165) is 50.7 Å². The third kappa shape index (κ3) is 29.2. The maximum Gasteiger partial charge on any atom is 0.321 e. The van der Waals surface area contributed by atoms with E-state index in [1.807, 2.05) is 53.5 Å². The van der Waals surface area contributed by atoms with Crippen LogP contribution in [-0.4, -0.2) is 156 Å². The molecule has 2 heterocycles. The van der Waals surface area contributed by atoms with Crippen molar-refractivity contribution < 1.29 is 52.6 Å². The Morgan fingerprint density at radius 1 is 0.949 bits per heavy atom. The molecule has 4 N–H and O–H groups in total. The molecule has 18 heteroatoms. The summed E-state index contributed by atoms with van der Waals surface area (Å²) in [6.07, 6.45) is 11.7. The van der Waals surface area contributed by atoms with Crippen molar-refractivity contribution in [3.8, 4) is 0 Å². The van der Waals surface area contributed by atoms with Crippen LogP contribution in [0.1, 0.15) is 192 Å². The number of primary amides is 1. The topological polar surface area (TPSA) is 217 Å². The number of nitrogens with one attached hydrogen (secondary N) is 1. The number of ether oxygens (including phenoxy) is 1. The van der Waals surface area contributed by atoms with Gasteiger partial charge in [0, 0.05) is 78.0 Å². The van der Waals surface area contributed by atoms with Gasteiger partial charge < -0.3 is 40.4 Å². The van der Waals surface area contributed by atoms with E-state index in [-0.39, 0.29) is 114 Å². The number of amides is 6. The quantitative estimate of drug-likeness (QED) is 0.0449. The molecule has 16 nitrogen and oxygen atoms in total. The fourth-order valence-corrected chi connectivity index (χ4v) is 10.6. The van der Waals surface area contributed by atoms with E-state index in [1.54, 1.807) is 61.0 Å². The Labute approximate surface area is 481 Å². The number of hydrogen-bond donors (Lipinski definition) is 3. The van der Waals surface area contributed by atoms with Crippen LogP contribution in [0, 0.1) is 34.4 Å². The summed E-state index contributed by atoms with van der Waals surface area (Å²) >= 11 is 1.61. The van der Waals surface area contributed by atoms with Gasteiger partial charge in [-0.15, -0.1) is 11.8 Å². The first-order valence-corrected chi connectivity index (χ1v) is 30.2. The van der Waals surface area contributed by atoms with E-state index in [4.69, 9.17) is 14.6 Å². The number of benzene rings is 1. The Bertz CT molecular complexity index is 1950. The molecule has 0 aromatic heterocycles. The summed E-state index contributed by atoms with van der Waals surface area (Å²) in [5.74, 6) is -0.203. The number of rotatable bonds is 26. The molecule has 7 unspecified atom stereocenters. The highest BCUT2D eigenvalue weighted by atomic mass is 32.2. The number of carboxylic acids is 1. The van der Waals surface area contributed by atoms with Crippen molar-refractivity contribution in [2.24, 2.45) is 34.3 Å². The molecule has 1 saturated carbocycles.